The standard InChI is InChI=1S/C9H11N3O2/c10-8-3-11-2-1-7(8)9(14)12-4-6(13)5-12/h1-3,6,13H,4-5,10H2. The number of hydrogen-bond donors (Lipinski definition) is 2. The lowest BCUT2D eigenvalue weighted by Crippen LogP contribution is -2.53. The van der Waals surface area contributed by atoms with E-state index in [9.17, 15) is 4.79 Å². The second kappa shape index (κ2) is 3.26. The van der Waals surface area contributed by atoms with Gasteiger partial charge in [0.1, 0.15) is 0 Å². The molecule has 1 aliphatic rings. The number of β-amino-alcohol motifs (C(OH)–C–C–N with tert-alkyl or cyclic N) is 1. The van der Waals surface area contributed by atoms with E-state index in [1.54, 1.807) is 11.0 Å². The number of hydrogen-bond acceptors (Lipinski definition) is 4. The number of nitrogen functional groups attached to an aromatic ring is 1. The van der Waals surface area contributed by atoms with E-state index in [4.69, 9.17) is 10.8 Å². The Bertz CT molecular complexity index is 361. The number of rotatable bonds is 1. The van der Waals surface area contributed by atoms with Crippen molar-refractivity contribution in [3.63, 3.8) is 0 Å². The lowest BCUT2D eigenvalue weighted by Gasteiger charge is -2.36. The fraction of sp³-hybridized carbons (Fsp3) is 0.333. The number of nitrogens with two attached hydrogens (primary N) is 1. The number of aliphatic hydroxyl groups is 1. The number of amides is 1. The summed E-state index contributed by atoms with van der Waals surface area (Å²) >= 11 is 0. The Hall–Kier alpha value is -1.62. The van der Waals surface area contributed by atoms with Gasteiger partial charge in [-0.3, -0.25) is 9.78 Å². The molecular formula is C9H11N3O2. The Morgan fingerprint density at radius 1 is 1.64 bits per heavy atom. The highest BCUT2D eigenvalue weighted by Crippen LogP contribution is 2.16. The molecule has 0 aliphatic carbocycles. The number of carbonyl (C=O) groups excluding carboxylic acids is 1. The molecule has 0 atom stereocenters. The lowest BCUT2D eigenvalue weighted by atomic mass is 10.1. The summed E-state index contributed by atoms with van der Waals surface area (Å²) in [5.74, 6) is -0.143. The third kappa shape index (κ3) is 1.42. The van der Waals surface area contributed by atoms with Gasteiger partial charge < -0.3 is 15.7 Å². The molecule has 5 nitrogen and oxygen atoms in total. The van der Waals surface area contributed by atoms with Gasteiger partial charge in [-0.25, -0.2) is 0 Å². The molecule has 2 rings (SSSR count). The smallest absolute Gasteiger partial charge is 0.256 e. The molecule has 1 aromatic heterocycles. The van der Waals surface area contributed by atoms with E-state index < -0.39 is 0 Å². The van der Waals surface area contributed by atoms with Gasteiger partial charge in [0.15, 0.2) is 0 Å². The first-order valence-corrected chi connectivity index (χ1v) is 4.35. The molecular weight excluding hydrogens is 182 g/mol. The first kappa shape index (κ1) is 8.96. The molecule has 0 radical (unpaired) electrons. The van der Waals surface area contributed by atoms with E-state index in [-0.39, 0.29) is 12.0 Å². The quantitative estimate of drug-likeness (QED) is 0.629. The third-order valence-electron chi connectivity index (χ3n) is 2.23. The van der Waals surface area contributed by atoms with Crippen molar-refractivity contribution in [2.45, 2.75) is 6.10 Å². The molecule has 0 saturated carbocycles. The van der Waals surface area contributed by atoms with Crippen molar-refractivity contribution in [1.82, 2.24) is 9.88 Å². The van der Waals surface area contributed by atoms with Crippen LogP contribution in [-0.4, -0.2) is 40.1 Å². The van der Waals surface area contributed by atoms with Crippen molar-refractivity contribution in [2.75, 3.05) is 18.8 Å². The molecule has 1 amide bonds. The third-order valence-corrected chi connectivity index (χ3v) is 2.23. The zero-order valence-corrected chi connectivity index (χ0v) is 7.55. The minimum atomic E-state index is -0.387. The zero-order valence-electron chi connectivity index (χ0n) is 7.55. The summed E-state index contributed by atoms with van der Waals surface area (Å²) in [6.07, 6.45) is 2.59. The molecule has 0 unspecified atom stereocenters. The average Bonchev–Trinajstić information content (AvgIpc) is 2.13. The highest BCUT2D eigenvalue weighted by molar-refractivity contribution is 5.99. The van der Waals surface area contributed by atoms with Crippen LogP contribution in [0.25, 0.3) is 0 Å². The maximum atomic E-state index is 11.7. The first-order valence-electron chi connectivity index (χ1n) is 4.35. The van der Waals surface area contributed by atoms with Crippen molar-refractivity contribution >= 4 is 11.6 Å². The molecule has 2 heterocycles. The van der Waals surface area contributed by atoms with Crippen molar-refractivity contribution < 1.29 is 9.90 Å². The largest absolute Gasteiger partial charge is 0.397 e. The van der Waals surface area contributed by atoms with Gasteiger partial charge in [0.25, 0.3) is 5.91 Å². The van der Waals surface area contributed by atoms with Crippen molar-refractivity contribution in [2.24, 2.45) is 0 Å². The summed E-state index contributed by atoms with van der Waals surface area (Å²) < 4.78 is 0. The number of aliphatic hydroxyl groups excluding tert-OH is 1. The Kier molecular flexibility index (Phi) is 2.09. The van der Waals surface area contributed by atoms with Gasteiger partial charge in [-0.15, -0.1) is 0 Å². The van der Waals surface area contributed by atoms with Crippen LogP contribution in [-0.2, 0) is 0 Å². The van der Waals surface area contributed by atoms with E-state index in [2.05, 4.69) is 4.98 Å². The van der Waals surface area contributed by atoms with Crippen molar-refractivity contribution in [3.05, 3.63) is 24.0 Å². The predicted molar refractivity (Wildman–Crippen MR) is 50.6 cm³/mol. The predicted octanol–water partition coefficient (Wildman–Crippen LogP) is -0.519. The Morgan fingerprint density at radius 2 is 2.36 bits per heavy atom. The van der Waals surface area contributed by atoms with Gasteiger partial charge >= 0.3 is 0 Å². The molecule has 74 valence electrons. The van der Waals surface area contributed by atoms with Gasteiger partial charge in [0.05, 0.1) is 23.6 Å². The number of pyridine rings is 1. The van der Waals surface area contributed by atoms with Crippen LogP contribution >= 0.6 is 0 Å². The number of aromatic nitrogens is 1. The lowest BCUT2D eigenvalue weighted by molar-refractivity contribution is 0.00596. The monoisotopic (exact) mass is 193 g/mol. The summed E-state index contributed by atoms with van der Waals surface area (Å²) in [6, 6.07) is 1.59. The zero-order chi connectivity index (χ0) is 10.1. The van der Waals surface area contributed by atoms with E-state index in [1.807, 2.05) is 0 Å². The second-order valence-corrected chi connectivity index (χ2v) is 3.33. The van der Waals surface area contributed by atoms with E-state index in [0.717, 1.165) is 0 Å². The van der Waals surface area contributed by atoms with Crippen molar-refractivity contribution in [1.29, 1.82) is 0 Å². The van der Waals surface area contributed by atoms with Gasteiger partial charge in [0, 0.05) is 19.3 Å². The maximum Gasteiger partial charge on any atom is 0.256 e. The summed E-state index contributed by atoms with van der Waals surface area (Å²) in [5.41, 5.74) is 6.43. The summed E-state index contributed by atoms with van der Waals surface area (Å²) in [4.78, 5) is 17.1. The van der Waals surface area contributed by atoms with E-state index in [0.29, 0.717) is 24.3 Å². The summed E-state index contributed by atoms with van der Waals surface area (Å²) in [5, 5.41) is 9.05. The fourth-order valence-corrected chi connectivity index (χ4v) is 1.39. The fourth-order valence-electron chi connectivity index (χ4n) is 1.39. The van der Waals surface area contributed by atoms with Crippen LogP contribution in [0, 0.1) is 0 Å². The highest BCUT2D eigenvalue weighted by atomic mass is 16.3. The second-order valence-electron chi connectivity index (χ2n) is 3.33. The van der Waals surface area contributed by atoms with Gasteiger partial charge in [0.2, 0.25) is 0 Å². The Morgan fingerprint density at radius 3 is 2.93 bits per heavy atom. The van der Waals surface area contributed by atoms with Crippen LogP contribution in [0.1, 0.15) is 10.4 Å². The first-order chi connectivity index (χ1) is 6.68. The molecule has 0 bridgehead atoms. The van der Waals surface area contributed by atoms with Crippen LogP contribution in [0.2, 0.25) is 0 Å². The van der Waals surface area contributed by atoms with Gasteiger partial charge in [-0.1, -0.05) is 0 Å². The molecule has 0 spiro atoms. The molecule has 1 saturated heterocycles. The molecule has 3 N–H and O–H groups in total. The number of likely N-dealkylation sites (tertiary alicyclic amines) is 1. The van der Waals surface area contributed by atoms with Crippen molar-refractivity contribution in [3.8, 4) is 0 Å². The van der Waals surface area contributed by atoms with Crippen LogP contribution in [0.4, 0.5) is 5.69 Å². The average molecular weight is 193 g/mol. The summed E-state index contributed by atoms with van der Waals surface area (Å²) in [6.45, 7) is 0.779. The topological polar surface area (TPSA) is 79.5 Å². The van der Waals surface area contributed by atoms with Gasteiger partial charge in [-0.05, 0) is 6.07 Å². The van der Waals surface area contributed by atoms with Crippen LogP contribution in [0.15, 0.2) is 18.5 Å². The SMILES string of the molecule is Nc1cnccc1C(=O)N1CC(O)C1. The molecule has 1 fully saturated rings. The van der Waals surface area contributed by atoms with Crippen LogP contribution in [0.5, 0.6) is 0 Å². The number of anilines is 1. The Balaban J connectivity index is 2.16. The number of carbonyl (C=O) groups is 1. The Labute approximate surface area is 81.2 Å². The van der Waals surface area contributed by atoms with E-state index in [1.165, 1.54) is 12.4 Å². The number of nitrogens with zero attached hydrogens (tertiary/aromatic N) is 2. The van der Waals surface area contributed by atoms with Gasteiger partial charge in [-0.2, -0.15) is 0 Å². The minimum Gasteiger partial charge on any atom is -0.397 e. The molecule has 1 aromatic rings. The minimum absolute atomic E-state index is 0.143. The maximum absolute atomic E-state index is 11.7. The molecule has 14 heavy (non-hydrogen) atoms. The molecule has 1 aliphatic heterocycles. The summed E-state index contributed by atoms with van der Waals surface area (Å²) in [7, 11) is 0. The highest BCUT2D eigenvalue weighted by Gasteiger charge is 2.30. The van der Waals surface area contributed by atoms with Crippen LogP contribution in [0.3, 0.4) is 0 Å². The normalized spacial score (nSPS) is 16.5. The molecule has 5 heteroatoms. The van der Waals surface area contributed by atoms with Crippen LogP contribution < -0.4 is 5.73 Å². The molecule has 0 aromatic carbocycles. The van der Waals surface area contributed by atoms with E-state index >= 15 is 0 Å².